The van der Waals surface area contributed by atoms with E-state index >= 15 is 0 Å². The number of methoxy groups -OCH3 is 1. The second-order valence-corrected chi connectivity index (χ2v) is 6.65. The number of ether oxygens (including phenoxy) is 2. The first-order valence-electron chi connectivity index (χ1n) is 9.02. The third kappa shape index (κ3) is 5.36. The van der Waals surface area contributed by atoms with E-state index in [0.29, 0.717) is 22.1 Å². The van der Waals surface area contributed by atoms with Gasteiger partial charge in [-0.25, -0.2) is 0 Å². The van der Waals surface area contributed by atoms with E-state index in [9.17, 15) is 9.59 Å². The lowest BCUT2D eigenvalue weighted by atomic mass is 10.0. The van der Waals surface area contributed by atoms with Crippen molar-refractivity contribution in [1.82, 2.24) is 5.32 Å². The average Bonchev–Trinajstić information content (AvgIpc) is 2.74. The smallest absolute Gasteiger partial charge is 0.313 e. The highest BCUT2D eigenvalue weighted by atomic mass is 35.5. The second kappa shape index (κ2) is 9.75. The minimum Gasteiger partial charge on any atom is -0.493 e. The highest BCUT2D eigenvalue weighted by Crippen LogP contribution is 2.27. The Balaban J connectivity index is 1.78. The van der Waals surface area contributed by atoms with Gasteiger partial charge in [-0.3, -0.25) is 9.59 Å². The molecule has 0 heterocycles. The fourth-order valence-electron chi connectivity index (χ4n) is 2.85. The zero-order valence-corrected chi connectivity index (χ0v) is 16.6. The van der Waals surface area contributed by atoms with Gasteiger partial charge in [0.15, 0.2) is 11.5 Å². The van der Waals surface area contributed by atoms with Crippen LogP contribution in [0, 0.1) is 0 Å². The number of hydrogen-bond donors (Lipinski definition) is 1. The van der Waals surface area contributed by atoms with Crippen LogP contribution in [-0.4, -0.2) is 19.0 Å². The summed E-state index contributed by atoms with van der Waals surface area (Å²) >= 11 is 6.13. The Morgan fingerprint density at radius 2 is 1.52 bits per heavy atom. The van der Waals surface area contributed by atoms with Crippen molar-refractivity contribution >= 4 is 23.5 Å². The Bertz CT molecular complexity index is 991. The summed E-state index contributed by atoms with van der Waals surface area (Å²) in [6.07, 6.45) is -0.0573. The molecule has 0 aliphatic rings. The van der Waals surface area contributed by atoms with Crippen LogP contribution < -0.4 is 14.8 Å². The van der Waals surface area contributed by atoms with Gasteiger partial charge in [-0.2, -0.15) is 0 Å². The van der Waals surface area contributed by atoms with E-state index in [0.717, 1.165) is 5.56 Å². The Morgan fingerprint density at radius 1 is 0.897 bits per heavy atom. The van der Waals surface area contributed by atoms with Gasteiger partial charge in [0, 0.05) is 0 Å². The number of benzene rings is 3. The zero-order chi connectivity index (χ0) is 20.6. The number of carbonyl (C=O) groups is 2. The van der Waals surface area contributed by atoms with Crippen LogP contribution >= 0.6 is 11.6 Å². The SMILES string of the molecule is COc1ccccc1OC(=O)C[C@@H](NC(=O)c1ccccc1Cl)c1ccccc1. The minimum atomic E-state index is -0.581. The number of halogens is 1. The standard InChI is InChI=1S/C23H20ClNO4/c1-28-20-13-7-8-14-21(20)29-22(26)15-19(16-9-3-2-4-10-16)25-23(27)17-11-5-6-12-18(17)24/h2-14,19H,15H2,1H3,(H,25,27)/t19-/m1/s1. The van der Waals surface area contributed by atoms with E-state index in [1.807, 2.05) is 30.3 Å². The molecule has 0 aliphatic carbocycles. The first kappa shape index (κ1) is 20.4. The summed E-state index contributed by atoms with van der Waals surface area (Å²) in [5.74, 6) is -0.0844. The molecule has 1 N–H and O–H groups in total. The summed E-state index contributed by atoms with van der Waals surface area (Å²) in [5.41, 5.74) is 1.12. The molecule has 0 fully saturated rings. The molecule has 3 rings (SSSR count). The van der Waals surface area contributed by atoms with Gasteiger partial charge in [0.25, 0.3) is 5.91 Å². The van der Waals surface area contributed by atoms with Gasteiger partial charge in [-0.15, -0.1) is 0 Å². The van der Waals surface area contributed by atoms with Crippen molar-refractivity contribution in [3.8, 4) is 11.5 Å². The van der Waals surface area contributed by atoms with Gasteiger partial charge in [0.05, 0.1) is 30.2 Å². The van der Waals surface area contributed by atoms with Gasteiger partial charge < -0.3 is 14.8 Å². The predicted octanol–water partition coefficient (Wildman–Crippen LogP) is 4.82. The van der Waals surface area contributed by atoms with E-state index in [-0.39, 0.29) is 12.3 Å². The molecule has 5 nitrogen and oxygen atoms in total. The Hall–Kier alpha value is -3.31. The molecule has 6 heteroatoms. The van der Waals surface area contributed by atoms with Crippen molar-refractivity contribution in [1.29, 1.82) is 0 Å². The summed E-state index contributed by atoms with van der Waals surface area (Å²) in [7, 11) is 1.50. The largest absolute Gasteiger partial charge is 0.493 e. The van der Waals surface area contributed by atoms with Crippen LogP contribution in [0.1, 0.15) is 28.4 Å². The lowest BCUT2D eigenvalue weighted by molar-refractivity contribution is -0.135. The lowest BCUT2D eigenvalue weighted by Gasteiger charge is -2.19. The fourth-order valence-corrected chi connectivity index (χ4v) is 3.07. The third-order valence-corrected chi connectivity index (χ3v) is 4.62. The van der Waals surface area contributed by atoms with Crippen molar-refractivity contribution in [2.75, 3.05) is 7.11 Å². The Labute approximate surface area is 174 Å². The van der Waals surface area contributed by atoms with Crippen LogP contribution in [-0.2, 0) is 4.79 Å². The average molecular weight is 410 g/mol. The third-order valence-electron chi connectivity index (χ3n) is 4.29. The molecule has 0 spiro atoms. The first-order valence-corrected chi connectivity index (χ1v) is 9.40. The number of rotatable bonds is 7. The van der Waals surface area contributed by atoms with Crippen LogP contribution in [0.2, 0.25) is 5.02 Å². The molecule has 148 valence electrons. The molecule has 0 aromatic heterocycles. The van der Waals surface area contributed by atoms with Crippen LogP contribution in [0.4, 0.5) is 0 Å². The summed E-state index contributed by atoms with van der Waals surface area (Å²) in [6.45, 7) is 0. The summed E-state index contributed by atoms with van der Waals surface area (Å²) in [4.78, 5) is 25.3. The maximum atomic E-state index is 12.7. The Morgan fingerprint density at radius 3 is 2.21 bits per heavy atom. The first-order chi connectivity index (χ1) is 14.1. The van der Waals surface area contributed by atoms with Crippen molar-refractivity contribution < 1.29 is 19.1 Å². The van der Waals surface area contributed by atoms with Crippen LogP contribution in [0.25, 0.3) is 0 Å². The molecule has 29 heavy (non-hydrogen) atoms. The highest BCUT2D eigenvalue weighted by Gasteiger charge is 2.22. The van der Waals surface area contributed by atoms with Crippen molar-refractivity contribution in [2.24, 2.45) is 0 Å². The molecular weight excluding hydrogens is 390 g/mol. The molecular formula is C23H20ClNO4. The normalized spacial score (nSPS) is 11.4. The molecule has 3 aromatic rings. The maximum absolute atomic E-state index is 12.7. The maximum Gasteiger partial charge on any atom is 0.313 e. The summed E-state index contributed by atoms with van der Waals surface area (Å²) in [5, 5.41) is 3.22. The molecule has 0 radical (unpaired) electrons. The van der Waals surface area contributed by atoms with Crippen LogP contribution in [0.3, 0.4) is 0 Å². The fraction of sp³-hybridized carbons (Fsp3) is 0.130. The number of para-hydroxylation sites is 2. The quantitative estimate of drug-likeness (QED) is 0.449. The highest BCUT2D eigenvalue weighted by molar-refractivity contribution is 6.33. The number of hydrogen-bond acceptors (Lipinski definition) is 4. The van der Waals surface area contributed by atoms with E-state index in [1.165, 1.54) is 7.11 Å². The van der Waals surface area contributed by atoms with E-state index in [1.54, 1.807) is 48.5 Å². The number of nitrogens with one attached hydrogen (secondary N) is 1. The van der Waals surface area contributed by atoms with Crippen molar-refractivity contribution in [3.63, 3.8) is 0 Å². The zero-order valence-electron chi connectivity index (χ0n) is 15.8. The number of esters is 1. The van der Waals surface area contributed by atoms with Crippen molar-refractivity contribution in [2.45, 2.75) is 12.5 Å². The molecule has 3 aromatic carbocycles. The molecule has 0 aliphatic heterocycles. The van der Waals surface area contributed by atoms with Gasteiger partial charge in [0.1, 0.15) is 0 Å². The van der Waals surface area contributed by atoms with Gasteiger partial charge in [-0.1, -0.05) is 66.2 Å². The van der Waals surface area contributed by atoms with Gasteiger partial charge in [-0.05, 0) is 29.8 Å². The molecule has 0 unspecified atom stereocenters. The minimum absolute atomic E-state index is 0.0573. The second-order valence-electron chi connectivity index (χ2n) is 6.25. The molecule has 0 bridgehead atoms. The van der Waals surface area contributed by atoms with E-state index in [4.69, 9.17) is 21.1 Å². The molecule has 1 amide bonds. The topological polar surface area (TPSA) is 64.6 Å². The molecule has 0 saturated carbocycles. The lowest BCUT2D eigenvalue weighted by Crippen LogP contribution is -2.31. The molecule has 1 atom stereocenters. The van der Waals surface area contributed by atoms with Gasteiger partial charge >= 0.3 is 5.97 Å². The monoisotopic (exact) mass is 409 g/mol. The van der Waals surface area contributed by atoms with Crippen molar-refractivity contribution in [3.05, 3.63) is 95.0 Å². The summed E-state index contributed by atoms with van der Waals surface area (Å²) in [6, 6.07) is 22.3. The van der Waals surface area contributed by atoms with E-state index in [2.05, 4.69) is 5.32 Å². The van der Waals surface area contributed by atoms with E-state index < -0.39 is 12.0 Å². The number of amides is 1. The summed E-state index contributed by atoms with van der Waals surface area (Å²) < 4.78 is 10.7. The predicted molar refractivity (Wildman–Crippen MR) is 111 cm³/mol. The van der Waals surface area contributed by atoms with Crippen LogP contribution in [0.15, 0.2) is 78.9 Å². The molecule has 0 saturated heterocycles. The van der Waals surface area contributed by atoms with Crippen LogP contribution in [0.5, 0.6) is 11.5 Å². The number of carbonyl (C=O) groups excluding carboxylic acids is 2. The Kier molecular flexibility index (Phi) is 6.87. The van der Waals surface area contributed by atoms with Gasteiger partial charge in [0.2, 0.25) is 0 Å².